The molecule has 3 aromatic carbocycles. The molecule has 162 valence electrons. The summed E-state index contributed by atoms with van der Waals surface area (Å²) in [6.07, 6.45) is 1.97. The highest BCUT2D eigenvalue weighted by molar-refractivity contribution is 8.19. The first-order chi connectivity index (χ1) is 15.2. The van der Waals surface area contributed by atoms with Gasteiger partial charge in [0.05, 0.1) is 16.3 Å². The van der Waals surface area contributed by atoms with Crippen molar-refractivity contribution in [2.75, 3.05) is 4.90 Å². The molecule has 0 atom stereocenters. The van der Waals surface area contributed by atoms with E-state index in [2.05, 4.69) is 84.0 Å². The van der Waals surface area contributed by atoms with Gasteiger partial charge < -0.3 is 0 Å². The lowest BCUT2D eigenvalue weighted by Gasteiger charge is -2.17. The summed E-state index contributed by atoms with van der Waals surface area (Å²) in [7, 11) is 0. The van der Waals surface area contributed by atoms with Gasteiger partial charge in [-0.1, -0.05) is 30.3 Å². The topological polar surface area (TPSA) is 32.7 Å². The van der Waals surface area contributed by atoms with E-state index in [0.717, 1.165) is 22.5 Å². The van der Waals surface area contributed by atoms with Gasteiger partial charge in [-0.2, -0.15) is 0 Å². The molecule has 4 rings (SSSR count). The van der Waals surface area contributed by atoms with Crippen molar-refractivity contribution in [2.45, 2.75) is 41.5 Å². The van der Waals surface area contributed by atoms with Crippen molar-refractivity contribution in [3.05, 3.63) is 98.4 Å². The molecule has 0 N–H and O–H groups in total. The number of amides is 1. The van der Waals surface area contributed by atoms with Gasteiger partial charge in [-0.05, 0) is 123 Å². The molecule has 32 heavy (non-hydrogen) atoms. The van der Waals surface area contributed by atoms with Crippen LogP contribution in [-0.2, 0) is 4.79 Å². The Bertz CT molecular complexity index is 1290. The first-order valence-electron chi connectivity index (χ1n) is 10.8. The lowest BCUT2D eigenvalue weighted by Crippen LogP contribution is -2.28. The smallest absolute Gasteiger partial charge is 0.268 e. The van der Waals surface area contributed by atoms with Crippen LogP contribution in [0, 0.1) is 41.5 Å². The van der Waals surface area contributed by atoms with Gasteiger partial charge in [-0.25, -0.2) is 4.99 Å². The van der Waals surface area contributed by atoms with E-state index in [0.29, 0.717) is 10.1 Å². The molecule has 1 saturated heterocycles. The van der Waals surface area contributed by atoms with Crippen LogP contribution in [0.1, 0.15) is 38.9 Å². The number of carbonyl (C=O) groups is 1. The minimum absolute atomic E-state index is 0.0425. The van der Waals surface area contributed by atoms with Gasteiger partial charge in [-0.15, -0.1) is 0 Å². The van der Waals surface area contributed by atoms with Crippen LogP contribution in [-0.4, -0.2) is 11.1 Å². The van der Waals surface area contributed by atoms with E-state index in [9.17, 15) is 4.79 Å². The number of thioether (sulfide) groups is 1. The molecular formula is C28H28N2OS. The molecule has 0 radical (unpaired) electrons. The van der Waals surface area contributed by atoms with Gasteiger partial charge in [-0.3, -0.25) is 9.69 Å². The maximum Gasteiger partial charge on any atom is 0.271 e. The molecule has 0 saturated carbocycles. The zero-order valence-corrected chi connectivity index (χ0v) is 20.3. The van der Waals surface area contributed by atoms with Crippen molar-refractivity contribution in [1.29, 1.82) is 0 Å². The minimum atomic E-state index is -0.0425. The number of benzene rings is 3. The summed E-state index contributed by atoms with van der Waals surface area (Å²) in [5.41, 5.74) is 9.94. The summed E-state index contributed by atoms with van der Waals surface area (Å²) in [6, 6.07) is 18.5. The molecule has 1 fully saturated rings. The zero-order valence-electron chi connectivity index (χ0n) is 19.5. The first-order valence-corrected chi connectivity index (χ1v) is 11.6. The number of amidine groups is 1. The second-order valence-corrected chi connectivity index (χ2v) is 9.54. The van der Waals surface area contributed by atoms with Gasteiger partial charge in [0.1, 0.15) is 0 Å². The van der Waals surface area contributed by atoms with Gasteiger partial charge >= 0.3 is 0 Å². The molecule has 1 aliphatic rings. The summed E-state index contributed by atoms with van der Waals surface area (Å²) in [6.45, 7) is 12.5. The predicted octanol–water partition coefficient (Wildman–Crippen LogP) is 7.35. The molecule has 0 spiro atoms. The number of hydrogen-bond donors (Lipinski definition) is 0. The van der Waals surface area contributed by atoms with Crippen molar-refractivity contribution in [3.8, 4) is 0 Å². The van der Waals surface area contributed by atoms with E-state index in [4.69, 9.17) is 4.99 Å². The van der Waals surface area contributed by atoms with Crippen molar-refractivity contribution >= 4 is 40.3 Å². The summed E-state index contributed by atoms with van der Waals surface area (Å²) in [5, 5.41) is 0.677. The molecule has 0 bridgehead atoms. The Morgan fingerprint density at radius 1 is 0.719 bits per heavy atom. The average molecular weight is 441 g/mol. The highest BCUT2D eigenvalue weighted by atomic mass is 32.2. The number of carbonyl (C=O) groups excluding carboxylic acids is 1. The van der Waals surface area contributed by atoms with E-state index >= 15 is 0 Å². The van der Waals surface area contributed by atoms with Gasteiger partial charge in [0.2, 0.25) is 0 Å². The zero-order chi connectivity index (χ0) is 23.0. The number of anilines is 1. The second-order valence-electron chi connectivity index (χ2n) is 8.53. The third-order valence-electron chi connectivity index (χ3n) is 6.10. The van der Waals surface area contributed by atoms with Crippen molar-refractivity contribution in [2.24, 2.45) is 4.99 Å². The fourth-order valence-corrected chi connectivity index (χ4v) is 4.55. The van der Waals surface area contributed by atoms with Crippen LogP contribution >= 0.6 is 11.8 Å². The maximum atomic E-state index is 13.5. The number of hydrogen-bond acceptors (Lipinski definition) is 3. The minimum Gasteiger partial charge on any atom is -0.268 e. The van der Waals surface area contributed by atoms with Gasteiger partial charge in [0.25, 0.3) is 5.91 Å². The quantitative estimate of drug-likeness (QED) is 0.399. The average Bonchev–Trinajstić information content (AvgIpc) is 3.04. The normalized spacial score (nSPS) is 16.4. The number of aryl methyl sites for hydroxylation is 6. The van der Waals surface area contributed by atoms with Crippen LogP contribution in [0.15, 0.2) is 64.5 Å². The molecule has 4 heteroatoms. The van der Waals surface area contributed by atoms with E-state index in [1.54, 1.807) is 4.90 Å². The summed E-state index contributed by atoms with van der Waals surface area (Å²) < 4.78 is 0. The van der Waals surface area contributed by atoms with Gasteiger partial charge in [0, 0.05) is 0 Å². The Hall–Kier alpha value is -3.11. The molecule has 3 aromatic rings. The number of aliphatic imine (C=N–C) groups is 1. The molecule has 1 amide bonds. The second kappa shape index (κ2) is 8.79. The Morgan fingerprint density at radius 3 is 1.94 bits per heavy atom. The van der Waals surface area contributed by atoms with Crippen molar-refractivity contribution in [3.63, 3.8) is 0 Å². The Morgan fingerprint density at radius 2 is 1.31 bits per heavy atom. The van der Waals surface area contributed by atoms with Crippen LogP contribution < -0.4 is 4.90 Å². The van der Waals surface area contributed by atoms with Crippen LogP contribution in [0.25, 0.3) is 6.08 Å². The van der Waals surface area contributed by atoms with Crippen LogP contribution in [0.2, 0.25) is 0 Å². The maximum absolute atomic E-state index is 13.5. The summed E-state index contributed by atoms with van der Waals surface area (Å²) in [4.78, 5) is 20.8. The molecule has 1 heterocycles. The largest absolute Gasteiger partial charge is 0.271 e. The van der Waals surface area contributed by atoms with Gasteiger partial charge in [0.15, 0.2) is 5.17 Å². The molecule has 1 aliphatic heterocycles. The standard InChI is InChI=1S/C28H28N2OS/c1-17-7-10-23(13-20(17)4)16-26-27(31)30(25-12-9-19(3)22(6)15-25)28(32-26)29-24-11-8-18(2)21(5)14-24/h7-16H,1-6H3/b26-16+,29-28?. The van der Waals surface area contributed by atoms with Crippen LogP contribution in [0.3, 0.4) is 0 Å². The van der Waals surface area contributed by atoms with E-state index < -0.39 is 0 Å². The molecule has 0 aliphatic carbocycles. The van der Waals surface area contributed by atoms with Crippen LogP contribution in [0.5, 0.6) is 0 Å². The SMILES string of the molecule is Cc1ccc(/C=C2/SC(=Nc3ccc(C)c(C)c3)N(c3ccc(C)c(C)c3)C2=O)cc1C. The van der Waals surface area contributed by atoms with E-state index in [1.807, 2.05) is 18.2 Å². The van der Waals surface area contributed by atoms with E-state index in [1.165, 1.54) is 39.6 Å². The highest BCUT2D eigenvalue weighted by Crippen LogP contribution is 2.38. The highest BCUT2D eigenvalue weighted by Gasteiger charge is 2.35. The van der Waals surface area contributed by atoms with Crippen LogP contribution in [0.4, 0.5) is 11.4 Å². The summed E-state index contributed by atoms with van der Waals surface area (Å²) >= 11 is 1.43. The molecular weight excluding hydrogens is 412 g/mol. The monoisotopic (exact) mass is 440 g/mol. The molecule has 0 aromatic heterocycles. The Kier molecular flexibility index (Phi) is 6.07. The Labute approximate surface area is 194 Å². The van der Waals surface area contributed by atoms with Crippen molar-refractivity contribution < 1.29 is 4.79 Å². The predicted molar refractivity (Wildman–Crippen MR) is 138 cm³/mol. The fraction of sp³-hybridized carbons (Fsp3) is 0.214. The number of rotatable bonds is 3. The molecule has 3 nitrogen and oxygen atoms in total. The first kappa shape index (κ1) is 22.1. The summed E-state index contributed by atoms with van der Waals surface area (Å²) in [5.74, 6) is -0.0425. The Balaban J connectivity index is 1.81. The number of nitrogens with zero attached hydrogens (tertiary/aromatic N) is 2. The third kappa shape index (κ3) is 4.42. The lowest BCUT2D eigenvalue weighted by atomic mass is 10.1. The third-order valence-corrected chi connectivity index (χ3v) is 7.07. The van der Waals surface area contributed by atoms with E-state index in [-0.39, 0.29) is 5.91 Å². The van der Waals surface area contributed by atoms with Crippen molar-refractivity contribution in [1.82, 2.24) is 0 Å². The lowest BCUT2D eigenvalue weighted by molar-refractivity contribution is -0.113. The molecule has 0 unspecified atom stereocenters. The fourth-order valence-electron chi connectivity index (χ4n) is 3.55.